The lowest BCUT2D eigenvalue weighted by Gasteiger charge is -2.33. The fraction of sp³-hybridized carbons (Fsp3) is 0.929. The highest BCUT2D eigenvalue weighted by Crippen LogP contribution is 2.19. The van der Waals surface area contributed by atoms with Gasteiger partial charge in [0, 0.05) is 20.1 Å². The molecule has 18 heavy (non-hydrogen) atoms. The molecule has 2 fully saturated rings. The summed E-state index contributed by atoms with van der Waals surface area (Å²) in [4.78, 5) is 16.7. The van der Waals surface area contributed by atoms with Crippen molar-refractivity contribution in [2.75, 3.05) is 46.8 Å². The standard InChI is InChI=1S/C14H27N3O/c1-16-8-5-12(6-9-16)11-17(2)14(18)13-4-3-7-15-10-13/h12-13,15H,3-11H2,1-2H3/t13-/m0/s1. The topological polar surface area (TPSA) is 35.6 Å². The molecule has 4 nitrogen and oxygen atoms in total. The van der Waals surface area contributed by atoms with Gasteiger partial charge in [-0.05, 0) is 58.3 Å². The minimum Gasteiger partial charge on any atom is -0.345 e. The molecule has 0 aromatic heterocycles. The zero-order chi connectivity index (χ0) is 13.0. The molecule has 0 saturated carbocycles. The van der Waals surface area contributed by atoms with E-state index in [0.717, 1.165) is 32.5 Å². The molecule has 2 rings (SSSR count). The van der Waals surface area contributed by atoms with E-state index in [1.165, 1.54) is 25.9 Å². The predicted octanol–water partition coefficient (Wildman–Crippen LogP) is 0.786. The lowest BCUT2D eigenvalue weighted by molar-refractivity contribution is -0.135. The second kappa shape index (κ2) is 6.53. The van der Waals surface area contributed by atoms with Crippen molar-refractivity contribution in [1.82, 2.24) is 15.1 Å². The van der Waals surface area contributed by atoms with Crippen LogP contribution in [0.2, 0.25) is 0 Å². The lowest BCUT2D eigenvalue weighted by Crippen LogP contribution is -2.44. The summed E-state index contributed by atoms with van der Waals surface area (Å²) in [6.45, 7) is 5.25. The first-order valence-electron chi connectivity index (χ1n) is 7.31. The molecular formula is C14H27N3O. The summed E-state index contributed by atoms with van der Waals surface area (Å²) in [5.74, 6) is 1.27. The van der Waals surface area contributed by atoms with E-state index in [2.05, 4.69) is 17.3 Å². The van der Waals surface area contributed by atoms with Gasteiger partial charge < -0.3 is 15.1 Å². The van der Waals surface area contributed by atoms with E-state index < -0.39 is 0 Å². The molecule has 0 unspecified atom stereocenters. The van der Waals surface area contributed by atoms with Crippen LogP contribution < -0.4 is 5.32 Å². The van der Waals surface area contributed by atoms with Crippen molar-refractivity contribution in [1.29, 1.82) is 0 Å². The molecule has 1 N–H and O–H groups in total. The Labute approximate surface area is 111 Å². The minimum atomic E-state index is 0.218. The quantitative estimate of drug-likeness (QED) is 0.807. The van der Waals surface area contributed by atoms with Crippen molar-refractivity contribution in [3.8, 4) is 0 Å². The fourth-order valence-corrected chi connectivity index (χ4v) is 3.10. The van der Waals surface area contributed by atoms with E-state index >= 15 is 0 Å². The molecule has 0 bridgehead atoms. The number of carbonyl (C=O) groups is 1. The predicted molar refractivity (Wildman–Crippen MR) is 73.5 cm³/mol. The summed E-state index contributed by atoms with van der Waals surface area (Å²) in [5, 5.41) is 3.33. The van der Waals surface area contributed by atoms with Gasteiger partial charge in [-0.1, -0.05) is 0 Å². The van der Waals surface area contributed by atoms with Crippen LogP contribution in [0.25, 0.3) is 0 Å². The van der Waals surface area contributed by atoms with Gasteiger partial charge in [0.1, 0.15) is 0 Å². The Morgan fingerprint density at radius 1 is 1.33 bits per heavy atom. The van der Waals surface area contributed by atoms with Crippen LogP contribution in [0, 0.1) is 11.8 Å². The maximum atomic E-state index is 12.3. The van der Waals surface area contributed by atoms with Crippen molar-refractivity contribution in [3.05, 3.63) is 0 Å². The first-order valence-corrected chi connectivity index (χ1v) is 7.31. The second-order valence-electron chi connectivity index (χ2n) is 6.01. The Kier molecular flexibility index (Phi) is 5.01. The molecule has 0 radical (unpaired) electrons. The summed E-state index contributed by atoms with van der Waals surface area (Å²) in [6.07, 6.45) is 4.66. The van der Waals surface area contributed by atoms with Crippen molar-refractivity contribution in [2.24, 2.45) is 11.8 Å². The zero-order valence-corrected chi connectivity index (χ0v) is 11.8. The van der Waals surface area contributed by atoms with Gasteiger partial charge in [0.05, 0.1) is 5.92 Å². The molecule has 0 aromatic rings. The van der Waals surface area contributed by atoms with Crippen LogP contribution in [0.3, 0.4) is 0 Å². The number of likely N-dealkylation sites (tertiary alicyclic amines) is 1. The molecule has 0 aromatic carbocycles. The van der Waals surface area contributed by atoms with Gasteiger partial charge in [0.25, 0.3) is 0 Å². The average Bonchev–Trinajstić information content (AvgIpc) is 2.41. The van der Waals surface area contributed by atoms with Crippen LogP contribution in [0.15, 0.2) is 0 Å². The van der Waals surface area contributed by atoms with E-state index in [0.29, 0.717) is 11.8 Å². The van der Waals surface area contributed by atoms with Crippen LogP contribution >= 0.6 is 0 Å². The Hall–Kier alpha value is -0.610. The third kappa shape index (κ3) is 3.69. The Morgan fingerprint density at radius 3 is 2.67 bits per heavy atom. The molecule has 0 aliphatic carbocycles. The summed E-state index contributed by atoms with van der Waals surface area (Å²) >= 11 is 0. The van der Waals surface area contributed by atoms with Crippen LogP contribution in [0.4, 0.5) is 0 Å². The van der Waals surface area contributed by atoms with Crippen molar-refractivity contribution < 1.29 is 4.79 Å². The van der Waals surface area contributed by atoms with Crippen LogP contribution in [-0.2, 0) is 4.79 Å². The SMILES string of the molecule is CN1CCC(CN(C)C(=O)[C@H]2CCCNC2)CC1. The van der Waals surface area contributed by atoms with Crippen LogP contribution in [0.1, 0.15) is 25.7 Å². The Balaban J connectivity index is 1.76. The monoisotopic (exact) mass is 253 g/mol. The molecule has 1 atom stereocenters. The summed E-state index contributed by atoms with van der Waals surface area (Å²) in [6, 6.07) is 0. The van der Waals surface area contributed by atoms with E-state index in [1.54, 1.807) is 0 Å². The van der Waals surface area contributed by atoms with E-state index in [1.807, 2.05) is 11.9 Å². The third-order valence-electron chi connectivity index (χ3n) is 4.39. The largest absolute Gasteiger partial charge is 0.345 e. The van der Waals surface area contributed by atoms with Gasteiger partial charge in [0.2, 0.25) is 5.91 Å². The number of rotatable bonds is 3. The van der Waals surface area contributed by atoms with Gasteiger partial charge in [-0.3, -0.25) is 4.79 Å². The normalized spacial score (nSPS) is 27.1. The smallest absolute Gasteiger partial charge is 0.226 e. The maximum absolute atomic E-state index is 12.3. The molecule has 1 amide bonds. The molecule has 104 valence electrons. The summed E-state index contributed by atoms with van der Waals surface area (Å²) in [5.41, 5.74) is 0. The molecule has 2 saturated heterocycles. The summed E-state index contributed by atoms with van der Waals surface area (Å²) in [7, 11) is 4.16. The second-order valence-corrected chi connectivity index (χ2v) is 6.01. The number of hydrogen-bond donors (Lipinski definition) is 1. The fourth-order valence-electron chi connectivity index (χ4n) is 3.10. The number of hydrogen-bond acceptors (Lipinski definition) is 3. The number of carbonyl (C=O) groups excluding carboxylic acids is 1. The van der Waals surface area contributed by atoms with Crippen LogP contribution in [-0.4, -0.2) is 62.5 Å². The Bertz CT molecular complexity index is 268. The highest BCUT2D eigenvalue weighted by atomic mass is 16.2. The highest BCUT2D eigenvalue weighted by molar-refractivity contribution is 5.78. The molecule has 4 heteroatoms. The summed E-state index contributed by atoms with van der Waals surface area (Å²) < 4.78 is 0. The molecule has 2 heterocycles. The van der Waals surface area contributed by atoms with Crippen molar-refractivity contribution in [3.63, 3.8) is 0 Å². The van der Waals surface area contributed by atoms with Gasteiger partial charge in [-0.25, -0.2) is 0 Å². The zero-order valence-electron chi connectivity index (χ0n) is 11.8. The first-order chi connectivity index (χ1) is 8.66. The van der Waals surface area contributed by atoms with Crippen LogP contribution in [0.5, 0.6) is 0 Å². The third-order valence-corrected chi connectivity index (χ3v) is 4.39. The van der Waals surface area contributed by atoms with E-state index in [-0.39, 0.29) is 5.92 Å². The van der Waals surface area contributed by atoms with E-state index in [4.69, 9.17) is 0 Å². The van der Waals surface area contributed by atoms with Gasteiger partial charge >= 0.3 is 0 Å². The van der Waals surface area contributed by atoms with Crippen molar-refractivity contribution >= 4 is 5.91 Å². The first kappa shape index (κ1) is 13.8. The molecule has 2 aliphatic rings. The molecular weight excluding hydrogens is 226 g/mol. The Morgan fingerprint density at radius 2 is 2.06 bits per heavy atom. The number of nitrogens with one attached hydrogen (secondary N) is 1. The van der Waals surface area contributed by atoms with Gasteiger partial charge in [-0.15, -0.1) is 0 Å². The van der Waals surface area contributed by atoms with Gasteiger partial charge in [0.15, 0.2) is 0 Å². The van der Waals surface area contributed by atoms with Crippen molar-refractivity contribution in [2.45, 2.75) is 25.7 Å². The lowest BCUT2D eigenvalue weighted by atomic mass is 9.94. The highest BCUT2D eigenvalue weighted by Gasteiger charge is 2.26. The number of nitrogens with zero attached hydrogens (tertiary/aromatic N) is 2. The maximum Gasteiger partial charge on any atom is 0.226 e. The number of amides is 1. The molecule has 2 aliphatic heterocycles. The van der Waals surface area contributed by atoms with Gasteiger partial charge in [-0.2, -0.15) is 0 Å². The number of piperidine rings is 2. The minimum absolute atomic E-state index is 0.218. The van der Waals surface area contributed by atoms with E-state index in [9.17, 15) is 4.79 Å². The molecule has 0 spiro atoms. The average molecular weight is 253 g/mol.